The molecule has 1 aliphatic rings. The Morgan fingerprint density at radius 1 is 1.05 bits per heavy atom. The van der Waals surface area contributed by atoms with Crippen LogP contribution >= 0.6 is 24.0 Å². The zero-order valence-corrected chi connectivity index (χ0v) is 13.4. The topological polar surface area (TPSA) is 32.3 Å². The molecule has 5 heteroatoms. The van der Waals surface area contributed by atoms with E-state index in [1.807, 2.05) is 66.7 Å². The number of thioether (sulfide) groups is 1. The lowest BCUT2D eigenvalue weighted by atomic mass is 10.1. The number of hydrogen-bond donors (Lipinski definition) is 1. The Morgan fingerprint density at radius 2 is 1.68 bits per heavy atom. The van der Waals surface area contributed by atoms with Gasteiger partial charge in [-0.05, 0) is 36.3 Å². The molecule has 3 nitrogen and oxygen atoms in total. The van der Waals surface area contributed by atoms with Crippen molar-refractivity contribution >= 4 is 39.9 Å². The summed E-state index contributed by atoms with van der Waals surface area (Å²) in [4.78, 5) is 13.1. The fraction of sp³-hybridized carbons (Fsp3) is 0.0588. The Morgan fingerprint density at radius 3 is 2.36 bits per heavy atom. The number of nitrogens with one attached hydrogen (secondary N) is 1. The highest BCUT2D eigenvalue weighted by molar-refractivity contribution is 8.26. The summed E-state index contributed by atoms with van der Waals surface area (Å²) in [5.74, 6) is -0.102. The Kier molecular flexibility index (Phi) is 4.56. The second-order valence-corrected chi connectivity index (χ2v) is 6.42. The third-order valence-electron chi connectivity index (χ3n) is 3.17. The largest absolute Gasteiger partial charge is 0.290 e. The van der Waals surface area contributed by atoms with Crippen LogP contribution in [-0.2, 0) is 11.2 Å². The van der Waals surface area contributed by atoms with Gasteiger partial charge in [0, 0.05) is 0 Å². The van der Waals surface area contributed by atoms with E-state index >= 15 is 0 Å². The first-order chi connectivity index (χ1) is 10.7. The van der Waals surface area contributed by atoms with Gasteiger partial charge in [0.15, 0.2) is 4.32 Å². The molecule has 1 amide bonds. The number of thiocarbonyl (C=S) groups is 1. The van der Waals surface area contributed by atoms with Crippen LogP contribution in [0.2, 0.25) is 0 Å². The van der Waals surface area contributed by atoms with Gasteiger partial charge in [-0.1, -0.05) is 66.4 Å². The van der Waals surface area contributed by atoms with Crippen molar-refractivity contribution in [2.75, 3.05) is 5.43 Å². The molecule has 0 aromatic heterocycles. The zero-order chi connectivity index (χ0) is 15.4. The van der Waals surface area contributed by atoms with Crippen molar-refractivity contribution in [1.29, 1.82) is 0 Å². The molecule has 0 aliphatic carbocycles. The number of anilines is 1. The lowest BCUT2D eigenvalue weighted by Gasteiger charge is -2.16. The minimum atomic E-state index is -0.102. The molecule has 0 spiro atoms. The Balaban J connectivity index is 1.71. The molecule has 0 radical (unpaired) electrons. The number of rotatable bonds is 4. The summed E-state index contributed by atoms with van der Waals surface area (Å²) in [5, 5.41) is 1.42. The van der Waals surface area contributed by atoms with Gasteiger partial charge in [-0.15, -0.1) is 0 Å². The molecule has 2 aromatic rings. The normalized spacial score (nSPS) is 16.4. The third-order valence-corrected chi connectivity index (χ3v) is 4.53. The van der Waals surface area contributed by atoms with Gasteiger partial charge in [0.05, 0.1) is 10.6 Å². The first kappa shape index (κ1) is 14.8. The number of carbonyl (C=O) groups is 1. The van der Waals surface area contributed by atoms with E-state index in [1.165, 1.54) is 22.3 Å². The van der Waals surface area contributed by atoms with Gasteiger partial charge in [-0.3, -0.25) is 10.2 Å². The standard InChI is InChI=1S/C17H14N2OS2/c20-16-15(12-11-13-7-3-1-4-8-13)22-17(21)19(16)18-14-9-5-2-6-10-14/h1-10,12,18H,11H2/b15-12+. The van der Waals surface area contributed by atoms with Crippen molar-refractivity contribution in [1.82, 2.24) is 5.01 Å². The molecule has 3 rings (SSSR count). The van der Waals surface area contributed by atoms with Crippen LogP contribution in [-0.4, -0.2) is 15.2 Å². The minimum absolute atomic E-state index is 0.102. The van der Waals surface area contributed by atoms with E-state index in [-0.39, 0.29) is 5.91 Å². The van der Waals surface area contributed by atoms with Crippen LogP contribution in [0.25, 0.3) is 0 Å². The van der Waals surface area contributed by atoms with Crippen molar-refractivity contribution < 1.29 is 4.79 Å². The van der Waals surface area contributed by atoms with Gasteiger partial charge in [-0.25, -0.2) is 5.01 Å². The zero-order valence-electron chi connectivity index (χ0n) is 11.7. The maximum absolute atomic E-state index is 12.4. The number of para-hydroxylation sites is 1. The number of benzene rings is 2. The van der Waals surface area contributed by atoms with Crippen LogP contribution in [0.1, 0.15) is 5.56 Å². The van der Waals surface area contributed by atoms with E-state index in [0.29, 0.717) is 9.23 Å². The van der Waals surface area contributed by atoms with E-state index in [9.17, 15) is 4.79 Å². The highest BCUT2D eigenvalue weighted by Crippen LogP contribution is 2.31. The summed E-state index contributed by atoms with van der Waals surface area (Å²) in [6, 6.07) is 19.6. The maximum Gasteiger partial charge on any atom is 0.284 e. The first-order valence-corrected chi connectivity index (χ1v) is 8.08. The molecule has 1 saturated heterocycles. The van der Waals surface area contributed by atoms with Crippen molar-refractivity contribution in [3.8, 4) is 0 Å². The average Bonchev–Trinajstić information content (AvgIpc) is 2.82. The van der Waals surface area contributed by atoms with E-state index < -0.39 is 0 Å². The summed E-state index contributed by atoms with van der Waals surface area (Å²) in [7, 11) is 0. The summed E-state index contributed by atoms with van der Waals surface area (Å²) in [5.41, 5.74) is 5.06. The van der Waals surface area contributed by atoms with Crippen molar-refractivity contribution in [3.63, 3.8) is 0 Å². The maximum atomic E-state index is 12.4. The molecule has 22 heavy (non-hydrogen) atoms. The van der Waals surface area contributed by atoms with Gasteiger partial charge in [0.2, 0.25) is 0 Å². The monoisotopic (exact) mass is 326 g/mol. The number of allylic oxidation sites excluding steroid dienone is 1. The highest BCUT2D eigenvalue weighted by Gasteiger charge is 2.32. The average molecular weight is 326 g/mol. The summed E-state index contributed by atoms with van der Waals surface area (Å²) >= 11 is 6.62. The molecule has 0 unspecified atom stereocenters. The molecular weight excluding hydrogens is 312 g/mol. The fourth-order valence-electron chi connectivity index (χ4n) is 2.07. The number of hydrogen-bond acceptors (Lipinski definition) is 4. The molecule has 1 heterocycles. The minimum Gasteiger partial charge on any atom is -0.290 e. The van der Waals surface area contributed by atoms with Crippen molar-refractivity contribution in [2.45, 2.75) is 6.42 Å². The molecule has 0 bridgehead atoms. The highest BCUT2D eigenvalue weighted by atomic mass is 32.2. The van der Waals surface area contributed by atoms with Crippen LogP contribution in [0, 0.1) is 0 Å². The van der Waals surface area contributed by atoms with Crippen LogP contribution < -0.4 is 5.43 Å². The molecular formula is C17H14N2OS2. The fourth-order valence-corrected chi connectivity index (χ4v) is 3.22. The molecule has 1 N–H and O–H groups in total. The molecule has 0 saturated carbocycles. The molecule has 0 atom stereocenters. The quantitative estimate of drug-likeness (QED) is 0.680. The lowest BCUT2D eigenvalue weighted by molar-refractivity contribution is -0.121. The van der Waals surface area contributed by atoms with Gasteiger partial charge in [0.25, 0.3) is 5.91 Å². The van der Waals surface area contributed by atoms with Crippen molar-refractivity contribution in [3.05, 3.63) is 77.2 Å². The number of hydrazine groups is 1. The van der Waals surface area contributed by atoms with E-state index in [0.717, 1.165) is 12.1 Å². The molecule has 110 valence electrons. The number of carbonyl (C=O) groups excluding carboxylic acids is 1. The Labute approximate surface area is 139 Å². The van der Waals surface area contributed by atoms with Crippen molar-refractivity contribution in [2.24, 2.45) is 0 Å². The summed E-state index contributed by atoms with van der Waals surface area (Å²) in [6.45, 7) is 0. The molecule has 1 fully saturated rings. The van der Waals surface area contributed by atoms with Gasteiger partial charge in [-0.2, -0.15) is 0 Å². The van der Waals surface area contributed by atoms with Crippen LogP contribution in [0.15, 0.2) is 71.6 Å². The van der Waals surface area contributed by atoms with E-state index in [1.54, 1.807) is 0 Å². The van der Waals surface area contributed by atoms with E-state index in [4.69, 9.17) is 12.2 Å². The van der Waals surface area contributed by atoms with Crippen LogP contribution in [0.4, 0.5) is 5.69 Å². The Bertz CT molecular complexity index is 714. The lowest BCUT2D eigenvalue weighted by Crippen LogP contribution is -2.33. The molecule has 1 aliphatic heterocycles. The van der Waals surface area contributed by atoms with Crippen LogP contribution in [0.3, 0.4) is 0 Å². The number of nitrogens with zero attached hydrogens (tertiary/aromatic N) is 1. The predicted molar refractivity (Wildman–Crippen MR) is 95.3 cm³/mol. The second kappa shape index (κ2) is 6.77. The summed E-state index contributed by atoms with van der Waals surface area (Å²) in [6.07, 6.45) is 2.65. The predicted octanol–water partition coefficient (Wildman–Crippen LogP) is 4.00. The molecule has 2 aromatic carbocycles. The Hall–Kier alpha value is -2.11. The SMILES string of the molecule is O=C1/C(=C\Cc2ccccc2)SC(=S)N1Nc1ccccc1. The van der Waals surface area contributed by atoms with Gasteiger partial charge < -0.3 is 0 Å². The van der Waals surface area contributed by atoms with Gasteiger partial charge in [0.1, 0.15) is 0 Å². The third kappa shape index (κ3) is 3.37. The van der Waals surface area contributed by atoms with Gasteiger partial charge >= 0.3 is 0 Å². The van der Waals surface area contributed by atoms with Crippen LogP contribution in [0.5, 0.6) is 0 Å². The van der Waals surface area contributed by atoms with E-state index in [2.05, 4.69) is 5.43 Å². The smallest absolute Gasteiger partial charge is 0.284 e. The summed E-state index contributed by atoms with van der Waals surface area (Å²) < 4.78 is 0.521. The second-order valence-electron chi connectivity index (χ2n) is 4.74. The number of amides is 1. The first-order valence-electron chi connectivity index (χ1n) is 6.86.